The first-order valence-corrected chi connectivity index (χ1v) is 7.49. The van der Waals surface area contributed by atoms with Crippen molar-refractivity contribution in [3.8, 4) is 5.88 Å². The van der Waals surface area contributed by atoms with Crippen LogP contribution in [0.3, 0.4) is 0 Å². The van der Waals surface area contributed by atoms with Gasteiger partial charge in [0, 0.05) is 18.3 Å². The van der Waals surface area contributed by atoms with Gasteiger partial charge in [0.25, 0.3) is 0 Å². The Morgan fingerprint density at radius 3 is 2.58 bits per heavy atom. The maximum atomic E-state index is 5.70. The number of rotatable bonds is 9. The zero-order valence-electron chi connectivity index (χ0n) is 12.8. The van der Waals surface area contributed by atoms with E-state index < -0.39 is 0 Å². The molecule has 0 fully saturated rings. The maximum Gasteiger partial charge on any atom is 0.213 e. The molecule has 1 aromatic heterocycles. The van der Waals surface area contributed by atoms with Crippen LogP contribution in [-0.2, 0) is 0 Å². The highest BCUT2D eigenvalue weighted by molar-refractivity contribution is 5.20. The van der Waals surface area contributed by atoms with Crippen LogP contribution in [0.25, 0.3) is 0 Å². The van der Waals surface area contributed by atoms with Gasteiger partial charge in [-0.3, -0.25) is 0 Å². The van der Waals surface area contributed by atoms with Crippen molar-refractivity contribution in [3.05, 3.63) is 23.9 Å². The molecule has 0 aromatic carbocycles. The predicted octanol–water partition coefficient (Wildman–Crippen LogP) is 3.96. The molecular formula is C16H28N2O. The van der Waals surface area contributed by atoms with Gasteiger partial charge in [-0.05, 0) is 37.8 Å². The molecule has 0 amide bonds. The molecule has 3 heteroatoms. The average Bonchev–Trinajstić information content (AvgIpc) is 2.43. The van der Waals surface area contributed by atoms with E-state index in [0.717, 1.165) is 25.5 Å². The molecule has 0 spiro atoms. The van der Waals surface area contributed by atoms with Crippen molar-refractivity contribution in [2.24, 2.45) is 5.92 Å². The zero-order chi connectivity index (χ0) is 14.1. The minimum Gasteiger partial charge on any atom is -0.477 e. The second-order valence-electron chi connectivity index (χ2n) is 5.31. The summed E-state index contributed by atoms with van der Waals surface area (Å²) in [4.78, 5) is 4.38. The number of aromatic nitrogens is 1. The zero-order valence-corrected chi connectivity index (χ0v) is 12.8. The largest absolute Gasteiger partial charge is 0.477 e. The summed E-state index contributed by atoms with van der Waals surface area (Å²) in [5.74, 6) is 1.33. The Bertz CT molecular complexity index is 337. The maximum absolute atomic E-state index is 5.70. The van der Waals surface area contributed by atoms with Gasteiger partial charge >= 0.3 is 0 Å². The Kier molecular flexibility index (Phi) is 7.49. The standard InChI is InChI=1S/C16H28N2O/c1-5-7-13(3)12-19-16-9-8-15(11-18-16)14(4)17-10-6-2/h8-9,11,13-14,17H,5-7,10,12H2,1-4H3. The number of ether oxygens (including phenoxy) is 1. The summed E-state index contributed by atoms with van der Waals surface area (Å²) in [6.07, 6.45) is 5.47. The van der Waals surface area contributed by atoms with Crippen molar-refractivity contribution in [2.45, 2.75) is 53.0 Å². The monoisotopic (exact) mass is 264 g/mol. The number of nitrogens with zero attached hydrogens (tertiary/aromatic N) is 1. The molecule has 0 saturated heterocycles. The van der Waals surface area contributed by atoms with Crippen LogP contribution in [0.2, 0.25) is 0 Å². The van der Waals surface area contributed by atoms with E-state index in [1.807, 2.05) is 12.3 Å². The van der Waals surface area contributed by atoms with Crippen molar-refractivity contribution in [2.75, 3.05) is 13.2 Å². The van der Waals surface area contributed by atoms with Gasteiger partial charge in [0.2, 0.25) is 5.88 Å². The van der Waals surface area contributed by atoms with Crippen molar-refractivity contribution >= 4 is 0 Å². The molecule has 1 rings (SSSR count). The molecule has 0 saturated carbocycles. The van der Waals surface area contributed by atoms with Gasteiger partial charge in [-0.25, -0.2) is 4.98 Å². The van der Waals surface area contributed by atoms with Gasteiger partial charge in [-0.15, -0.1) is 0 Å². The van der Waals surface area contributed by atoms with E-state index in [9.17, 15) is 0 Å². The lowest BCUT2D eigenvalue weighted by atomic mass is 10.1. The number of hydrogen-bond donors (Lipinski definition) is 1. The normalized spacial score (nSPS) is 14.1. The van der Waals surface area contributed by atoms with Gasteiger partial charge in [-0.2, -0.15) is 0 Å². The lowest BCUT2D eigenvalue weighted by Gasteiger charge is -2.14. The third-order valence-corrected chi connectivity index (χ3v) is 3.26. The Labute approximate surface area is 117 Å². The first-order valence-electron chi connectivity index (χ1n) is 7.49. The fraction of sp³-hybridized carbons (Fsp3) is 0.688. The first-order chi connectivity index (χ1) is 9.17. The molecule has 0 aliphatic heterocycles. The number of hydrogen-bond acceptors (Lipinski definition) is 3. The Hall–Kier alpha value is -1.09. The first kappa shape index (κ1) is 16.0. The van der Waals surface area contributed by atoms with Gasteiger partial charge < -0.3 is 10.1 Å². The highest BCUT2D eigenvalue weighted by Crippen LogP contribution is 2.15. The van der Waals surface area contributed by atoms with E-state index in [1.54, 1.807) is 0 Å². The Morgan fingerprint density at radius 2 is 2.00 bits per heavy atom. The molecule has 0 bridgehead atoms. The van der Waals surface area contributed by atoms with Crippen molar-refractivity contribution in [3.63, 3.8) is 0 Å². The summed E-state index contributed by atoms with van der Waals surface area (Å²) in [5, 5.41) is 3.45. The van der Waals surface area contributed by atoms with E-state index in [1.165, 1.54) is 18.4 Å². The third-order valence-electron chi connectivity index (χ3n) is 3.26. The second kappa shape index (κ2) is 8.92. The van der Waals surface area contributed by atoms with Crippen molar-refractivity contribution < 1.29 is 4.74 Å². The molecule has 1 aromatic rings. The summed E-state index contributed by atoms with van der Waals surface area (Å²) in [6.45, 7) is 10.5. The molecule has 108 valence electrons. The van der Waals surface area contributed by atoms with Crippen molar-refractivity contribution in [1.82, 2.24) is 10.3 Å². The second-order valence-corrected chi connectivity index (χ2v) is 5.31. The smallest absolute Gasteiger partial charge is 0.213 e. The Morgan fingerprint density at radius 1 is 1.21 bits per heavy atom. The average molecular weight is 264 g/mol. The predicted molar refractivity (Wildman–Crippen MR) is 80.5 cm³/mol. The topological polar surface area (TPSA) is 34.1 Å². The van der Waals surface area contributed by atoms with E-state index in [2.05, 4.69) is 44.1 Å². The molecular weight excluding hydrogens is 236 g/mol. The van der Waals surface area contributed by atoms with Crippen LogP contribution in [-0.4, -0.2) is 18.1 Å². The molecule has 2 atom stereocenters. The minimum absolute atomic E-state index is 0.348. The fourth-order valence-corrected chi connectivity index (χ4v) is 2.02. The molecule has 3 nitrogen and oxygen atoms in total. The van der Waals surface area contributed by atoms with Crippen LogP contribution >= 0.6 is 0 Å². The molecule has 1 N–H and O–H groups in total. The highest BCUT2D eigenvalue weighted by Gasteiger charge is 2.06. The van der Waals surface area contributed by atoms with Gasteiger partial charge in [0.05, 0.1) is 6.61 Å². The van der Waals surface area contributed by atoms with E-state index in [4.69, 9.17) is 4.74 Å². The number of nitrogens with one attached hydrogen (secondary N) is 1. The van der Waals surface area contributed by atoms with Gasteiger partial charge in [0.1, 0.15) is 0 Å². The van der Waals surface area contributed by atoms with Crippen LogP contribution < -0.4 is 10.1 Å². The quantitative estimate of drug-likeness (QED) is 0.733. The summed E-state index contributed by atoms with van der Waals surface area (Å²) >= 11 is 0. The van der Waals surface area contributed by atoms with E-state index >= 15 is 0 Å². The van der Waals surface area contributed by atoms with E-state index in [0.29, 0.717) is 12.0 Å². The molecule has 0 aliphatic rings. The summed E-state index contributed by atoms with van der Waals surface area (Å²) < 4.78 is 5.70. The molecule has 19 heavy (non-hydrogen) atoms. The summed E-state index contributed by atoms with van der Waals surface area (Å²) in [5.41, 5.74) is 1.21. The van der Waals surface area contributed by atoms with Crippen LogP contribution in [0.5, 0.6) is 5.88 Å². The summed E-state index contributed by atoms with van der Waals surface area (Å²) in [6, 6.07) is 4.42. The highest BCUT2D eigenvalue weighted by atomic mass is 16.5. The SMILES string of the molecule is CCCNC(C)c1ccc(OCC(C)CCC)nc1. The lowest BCUT2D eigenvalue weighted by molar-refractivity contribution is 0.243. The molecule has 2 unspecified atom stereocenters. The number of pyridine rings is 1. The minimum atomic E-state index is 0.348. The van der Waals surface area contributed by atoms with Gasteiger partial charge in [0.15, 0.2) is 0 Å². The van der Waals surface area contributed by atoms with Crippen LogP contribution in [0.4, 0.5) is 0 Å². The van der Waals surface area contributed by atoms with Crippen LogP contribution in [0.15, 0.2) is 18.3 Å². The van der Waals surface area contributed by atoms with Crippen molar-refractivity contribution in [1.29, 1.82) is 0 Å². The fourth-order valence-electron chi connectivity index (χ4n) is 2.02. The van der Waals surface area contributed by atoms with Gasteiger partial charge in [-0.1, -0.05) is 33.3 Å². The van der Waals surface area contributed by atoms with Crippen LogP contribution in [0, 0.1) is 5.92 Å². The van der Waals surface area contributed by atoms with E-state index in [-0.39, 0.29) is 0 Å². The molecule has 0 radical (unpaired) electrons. The molecule has 0 aliphatic carbocycles. The summed E-state index contributed by atoms with van der Waals surface area (Å²) in [7, 11) is 0. The Balaban J connectivity index is 2.42. The molecule has 1 heterocycles. The van der Waals surface area contributed by atoms with Crippen LogP contribution in [0.1, 0.15) is 58.6 Å². The lowest BCUT2D eigenvalue weighted by Crippen LogP contribution is -2.19. The third kappa shape index (κ3) is 6.06.